The number of fused-ring (bicyclic) bond motifs is 1. The van der Waals surface area contributed by atoms with E-state index in [4.69, 9.17) is 0 Å². The van der Waals surface area contributed by atoms with E-state index in [1.807, 2.05) is 0 Å². The molecule has 0 radical (unpaired) electrons. The molecule has 1 fully saturated rings. The molecule has 3 rings (SSSR count). The van der Waals surface area contributed by atoms with Crippen LogP contribution in [0.2, 0.25) is 0 Å². The van der Waals surface area contributed by atoms with Crippen LogP contribution in [-0.2, 0) is 11.8 Å². The maximum absolute atomic E-state index is 10.9. The fourth-order valence-electron chi connectivity index (χ4n) is 3.98. The molecule has 2 heteroatoms. The molecule has 1 aromatic rings. The summed E-state index contributed by atoms with van der Waals surface area (Å²) in [6, 6.07) is 6.76. The zero-order valence-electron chi connectivity index (χ0n) is 14.4. The minimum atomic E-state index is -0.284. The molecule has 2 nitrogen and oxygen atoms in total. The van der Waals surface area contributed by atoms with Gasteiger partial charge in [-0.05, 0) is 60.9 Å². The van der Waals surface area contributed by atoms with E-state index in [9.17, 15) is 5.11 Å². The van der Waals surface area contributed by atoms with E-state index in [0.29, 0.717) is 5.92 Å². The highest BCUT2D eigenvalue weighted by Crippen LogP contribution is 2.37. The summed E-state index contributed by atoms with van der Waals surface area (Å²) in [6.45, 7) is 10.2. The van der Waals surface area contributed by atoms with E-state index in [0.717, 1.165) is 19.4 Å². The van der Waals surface area contributed by atoms with Crippen LogP contribution in [0.5, 0.6) is 0 Å². The number of hydrogen-bond donors (Lipinski definition) is 1. The number of nitrogens with zero attached hydrogens (tertiary/aromatic N) is 1. The molecule has 2 unspecified atom stereocenters. The molecule has 2 atom stereocenters. The molecule has 0 spiro atoms. The number of likely N-dealkylation sites (tertiary alicyclic amines) is 1. The van der Waals surface area contributed by atoms with E-state index in [1.165, 1.54) is 49.0 Å². The number of piperidine rings is 1. The lowest BCUT2D eigenvalue weighted by Gasteiger charge is -2.36. The number of rotatable bonds is 2. The maximum atomic E-state index is 10.9. The molecule has 122 valence electrons. The summed E-state index contributed by atoms with van der Waals surface area (Å²) in [5.41, 5.74) is 4.04. The highest BCUT2D eigenvalue weighted by molar-refractivity contribution is 5.38. The van der Waals surface area contributed by atoms with Crippen LogP contribution in [0.1, 0.15) is 69.2 Å². The van der Waals surface area contributed by atoms with Crippen LogP contribution in [0, 0.1) is 5.92 Å². The SMILES string of the molecule is CC(C)(C)c1ccc2c(c1)C(O)C(CN1CCCCC1)CC2. The van der Waals surface area contributed by atoms with Crippen molar-refractivity contribution in [2.45, 2.75) is 64.4 Å². The maximum Gasteiger partial charge on any atom is 0.0833 e. The van der Waals surface area contributed by atoms with Gasteiger partial charge in [-0.15, -0.1) is 0 Å². The van der Waals surface area contributed by atoms with Gasteiger partial charge in [0.1, 0.15) is 0 Å². The molecule has 1 heterocycles. The molecule has 0 bridgehead atoms. The van der Waals surface area contributed by atoms with Crippen LogP contribution in [-0.4, -0.2) is 29.6 Å². The summed E-state index contributed by atoms with van der Waals surface area (Å²) in [6.07, 6.45) is 5.99. The minimum absolute atomic E-state index is 0.147. The molecule has 1 aliphatic heterocycles. The van der Waals surface area contributed by atoms with Gasteiger partial charge in [-0.2, -0.15) is 0 Å². The lowest BCUT2D eigenvalue weighted by molar-refractivity contribution is 0.0605. The van der Waals surface area contributed by atoms with Gasteiger partial charge in [0, 0.05) is 12.5 Å². The van der Waals surface area contributed by atoms with E-state index < -0.39 is 0 Å². The van der Waals surface area contributed by atoms with Crippen LogP contribution >= 0.6 is 0 Å². The Kier molecular flexibility index (Phi) is 4.61. The van der Waals surface area contributed by atoms with Gasteiger partial charge >= 0.3 is 0 Å². The standard InChI is InChI=1S/C20H31NO/c1-20(2,3)17-10-9-15-7-8-16(19(22)18(15)13-17)14-21-11-5-4-6-12-21/h9-10,13,16,19,22H,4-8,11-12,14H2,1-3H3. The molecule has 1 N–H and O–H groups in total. The fraction of sp³-hybridized carbons (Fsp3) is 0.700. The number of aliphatic hydroxyl groups is 1. The molecular formula is C20H31NO. The number of aliphatic hydroxyl groups excluding tert-OH is 1. The Morgan fingerprint density at radius 2 is 1.86 bits per heavy atom. The number of aryl methyl sites for hydroxylation is 1. The van der Waals surface area contributed by atoms with Gasteiger partial charge < -0.3 is 10.0 Å². The van der Waals surface area contributed by atoms with E-state index in [1.54, 1.807) is 0 Å². The molecule has 0 saturated carbocycles. The largest absolute Gasteiger partial charge is 0.388 e. The average molecular weight is 301 g/mol. The van der Waals surface area contributed by atoms with Gasteiger partial charge in [0.15, 0.2) is 0 Å². The molecule has 0 aromatic heterocycles. The van der Waals surface area contributed by atoms with Crippen LogP contribution < -0.4 is 0 Å². The van der Waals surface area contributed by atoms with E-state index in [-0.39, 0.29) is 11.5 Å². The molecule has 0 amide bonds. The normalized spacial score (nSPS) is 26.7. The van der Waals surface area contributed by atoms with Gasteiger partial charge in [0.05, 0.1) is 6.10 Å². The Labute approximate surface area is 135 Å². The Morgan fingerprint density at radius 3 is 2.55 bits per heavy atom. The van der Waals surface area contributed by atoms with Crippen molar-refractivity contribution in [2.75, 3.05) is 19.6 Å². The highest BCUT2D eigenvalue weighted by Gasteiger charge is 2.30. The Hall–Kier alpha value is -0.860. The van der Waals surface area contributed by atoms with Crippen molar-refractivity contribution >= 4 is 0 Å². The monoisotopic (exact) mass is 301 g/mol. The van der Waals surface area contributed by atoms with E-state index in [2.05, 4.69) is 43.9 Å². The third-order valence-electron chi connectivity index (χ3n) is 5.50. The lowest BCUT2D eigenvalue weighted by Crippen LogP contribution is -2.37. The van der Waals surface area contributed by atoms with Crippen LogP contribution in [0.15, 0.2) is 18.2 Å². The Morgan fingerprint density at radius 1 is 1.14 bits per heavy atom. The van der Waals surface area contributed by atoms with Gasteiger partial charge in [0.2, 0.25) is 0 Å². The highest BCUT2D eigenvalue weighted by atomic mass is 16.3. The summed E-state index contributed by atoms with van der Waals surface area (Å²) in [5.74, 6) is 0.404. The van der Waals surface area contributed by atoms with Crippen LogP contribution in [0.3, 0.4) is 0 Å². The number of benzene rings is 1. The van der Waals surface area contributed by atoms with Gasteiger partial charge in [-0.1, -0.05) is 45.4 Å². The zero-order valence-corrected chi connectivity index (χ0v) is 14.4. The molecule has 1 aromatic carbocycles. The molecule has 1 aliphatic carbocycles. The third kappa shape index (κ3) is 3.38. The lowest BCUT2D eigenvalue weighted by atomic mass is 9.77. The van der Waals surface area contributed by atoms with Crippen molar-refractivity contribution in [2.24, 2.45) is 5.92 Å². The van der Waals surface area contributed by atoms with Gasteiger partial charge in [-0.25, -0.2) is 0 Å². The first kappa shape index (κ1) is 16.0. The summed E-state index contributed by atoms with van der Waals surface area (Å²) in [4.78, 5) is 2.57. The second-order valence-corrected chi connectivity index (χ2v) is 8.27. The van der Waals surface area contributed by atoms with E-state index >= 15 is 0 Å². The molecular weight excluding hydrogens is 270 g/mol. The smallest absolute Gasteiger partial charge is 0.0833 e. The Balaban J connectivity index is 1.76. The van der Waals surface area contributed by atoms with Gasteiger partial charge in [-0.3, -0.25) is 0 Å². The van der Waals surface area contributed by atoms with Crippen molar-refractivity contribution in [3.63, 3.8) is 0 Å². The second-order valence-electron chi connectivity index (χ2n) is 8.27. The molecule has 1 saturated heterocycles. The average Bonchev–Trinajstić information content (AvgIpc) is 2.50. The first-order valence-electron chi connectivity index (χ1n) is 8.99. The molecule has 22 heavy (non-hydrogen) atoms. The predicted octanol–water partition coefficient (Wildman–Crippen LogP) is 4.07. The van der Waals surface area contributed by atoms with Crippen LogP contribution in [0.4, 0.5) is 0 Å². The summed E-state index contributed by atoms with van der Waals surface area (Å²) < 4.78 is 0. The first-order chi connectivity index (χ1) is 10.4. The van der Waals surface area contributed by atoms with Crippen LogP contribution in [0.25, 0.3) is 0 Å². The first-order valence-corrected chi connectivity index (χ1v) is 8.99. The summed E-state index contributed by atoms with van der Waals surface area (Å²) >= 11 is 0. The summed E-state index contributed by atoms with van der Waals surface area (Å²) in [7, 11) is 0. The van der Waals surface area contributed by atoms with Crippen molar-refractivity contribution in [1.29, 1.82) is 0 Å². The second kappa shape index (κ2) is 6.33. The minimum Gasteiger partial charge on any atom is -0.388 e. The van der Waals surface area contributed by atoms with Gasteiger partial charge in [0.25, 0.3) is 0 Å². The van der Waals surface area contributed by atoms with Crippen molar-refractivity contribution in [1.82, 2.24) is 4.90 Å². The third-order valence-corrected chi connectivity index (χ3v) is 5.50. The fourth-order valence-corrected chi connectivity index (χ4v) is 3.98. The molecule has 2 aliphatic rings. The van der Waals surface area contributed by atoms with Crippen molar-refractivity contribution in [3.05, 3.63) is 34.9 Å². The quantitative estimate of drug-likeness (QED) is 0.890. The zero-order chi connectivity index (χ0) is 15.7. The van der Waals surface area contributed by atoms with Crippen molar-refractivity contribution < 1.29 is 5.11 Å². The number of hydrogen-bond acceptors (Lipinski definition) is 2. The van der Waals surface area contributed by atoms with Crippen molar-refractivity contribution in [3.8, 4) is 0 Å². The predicted molar refractivity (Wildman–Crippen MR) is 92.2 cm³/mol. The topological polar surface area (TPSA) is 23.5 Å². The Bertz CT molecular complexity index is 511. The summed E-state index contributed by atoms with van der Waals surface area (Å²) in [5, 5.41) is 10.9.